The van der Waals surface area contributed by atoms with Crippen LogP contribution in [0.3, 0.4) is 0 Å². The van der Waals surface area contributed by atoms with Gasteiger partial charge in [-0.05, 0) is 36.2 Å². The molecule has 0 amide bonds. The van der Waals surface area contributed by atoms with Gasteiger partial charge in [0.05, 0.1) is 27.0 Å². The fraction of sp³-hybridized carbons (Fsp3) is 0.200. The van der Waals surface area contributed by atoms with Crippen LogP contribution < -0.4 is 20.3 Å². The van der Waals surface area contributed by atoms with Crippen molar-refractivity contribution in [2.75, 3.05) is 19.5 Å². The Morgan fingerprint density at radius 3 is 2.67 bits per heavy atom. The molecule has 3 aromatic rings. The third kappa shape index (κ3) is 4.25. The molecule has 2 aromatic carbocycles. The highest BCUT2D eigenvalue weighted by Gasteiger charge is 2.12. The molecule has 3 rings (SSSR count). The summed E-state index contributed by atoms with van der Waals surface area (Å²) in [6.07, 6.45) is 1.55. The standard InChI is InChI=1S/C20H20FN3O3/c1-13-7-8-16(26-2)10-17(13)22-20-23-19(25)18(27-3)12-24(20)11-14-5-4-6-15(21)9-14/h4-10,12H,11H2,1-3H3,(H,22,23,25). The molecule has 0 fully saturated rings. The minimum Gasteiger partial charge on any atom is -0.497 e. The molecule has 1 N–H and O–H groups in total. The highest BCUT2D eigenvalue weighted by molar-refractivity contribution is 5.61. The minimum atomic E-state index is -0.490. The molecule has 27 heavy (non-hydrogen) atoms. The average molecular weight is 369 g/mol. The first kappa shape index (κ1) is 18.4. The monoisotopic (exact) mass is 369 g/mol. The molecule has 0 aliphatic carbocycles. The summed E-state index contributed by atoms with van der Waals surface area (Å²) in [7, 11) is 2.99. The largest absolute Gasteiger partial charge is 0.497 e. The van der Waals surface area contributed by atoms with Crippen LogP contribution in [0.15, 0.2) is 53.5 Å². The fourth-order valence-electron chi connectivity index (χ4n) is 2.65. The Morgan fingerprint density at radius 2 is 1.96 bits per heavy atom. The molecule has 7 heteroatoms. The number of aromatic nitrogens is 2. The third-order valence-electron chi connectivity index (χ3n) is 4.12. The summed E-state index contributed by atoms with van der Waals surface area (Å²) in [5.74, 6) is 0.781. The van der Waals surface area contributed by atoms with E-state index < -0.39 is 5.56 Å². The van der Waals surface area contributed by atoms with Crippen molar-refractivity contribution in [3.05, 3.63) is 76.0 Å². The Labute approximate surface area is 156 Å². The summed E-state index contributed by atoms with van der Waals surface area (Å²) in [6, 6.07) is 11.8. The van der Waals surface area contributed by atoms with Crippen LogP contribution in [-0.4, -0.2) is 23.8 Å². The predicted molar refractivity (Wildman–Crippen MR) is 102 cm³/mol. The molecule has 0 aliphatic heterocycles. The smallest absolute Gasteiger partial charge is 0.316 e. The normalized spacial score (nSPS) is 10.5. The second kappa shape index (κ2) is 7.90. The summed E-state index contributed by atoms with van der Waals surface area (Å²) in [5.41, 5.74) is 1.95. The van der Waals surface area contributed by atoms with Gasteiger partial charge in [0.15, 0.2) is 0 Å². The summed E-state index contributed by atoms with van der Waals surface area (Å²) in [5, 5.41) is 3.17. The van der Waals surface area contributed by atoms with E-state index >= 15 is 0 Å². The SMILES string of the molecule is COc1ccc(C)c(Nc2nc(=O)c(OC)cn2Cc2cccc(F)c2)c1. The molecular formula is C20H20FN3O3. The maximum absolute atomic E-state index is 13.5. The molecule has 0 saturated carbocycles. The molecular weight excluding hydrogens is 349 g/mol. The highest BCUT2D eigenvalue weighted by Crippen LogP contribution is 2.25. The summed E-state index contributed by atoms with van der Waals surface area (Å²) < 4.78 is 25.6. The number of methoxy groups -OCH3 is 2. The lowest BCUT2D eigenvalue weighted by Crippen LogP contribution is -2.19. The van der Waals surface area contributed by atoms with Gasteiger partial charge in [-0.15, -0.1) is 0 Å². The molecule has 0 bridgehead atoms. The van der Waals surface area contributed by atoms with Crippen LogP contribution in [0.4, 0.5) is 16.0 Å². The number of anilines is 2. The Balaban J connectivity index is 2.03. The first-order chi connectivity index (χ1) is 13.0. The van der Waals surface area contributed by atoms with E-state index in [0.29, 0.717) is 18.2 Å². The van der Waals surface area contributed by atoms with E-state index in [1.165, 1.54) is 19.2 Å². The maximum Gasteiger partial charge on any atom is 0.316 e. The van der Waals surface area contributed by atoms with Crippen molar-refractivity contribution in [1.29, 1.82) is 0 Å². The average Bonchev–Trinajstić information content (AvgIpc) is 2.65. The van der Waals surface area contributed by atoms with E-state index in [1.807, 2.05) is 25.1 Å². The van der Waals surface area contributed by atoms with Crippen molar-refractivity contribution in [2.24, 2.45) is 0 Å². The molecule has 0 atom stereocenters. The van der Waals surface area contributed by atoms with Gasteiger partial charge in [-0.1, -0.05) is 18.2 Å². The second-order valence-electron chi connectivity index (χ2n) is 6.00. The topological polar surface area (TPSA) is 65.4 Å². The van der Waals surface area contributed by atoms with Gasteiger partial charge in [-0.3, -0.25) is 4.79 Å². The van der Waals surface area contributed by atoms with E-state index in [1.54, 1.807) is 30.0 Å². The number of nitrogens with one attached hydrogen (secondary N) is 1. The van der Waals surface area contributed by atoms with Gasteiger partial charge < -0.3 is 19.4 Å². The number of hydrogen-bond donors (Lipinski definition) is 1. The van der Waals surface area contributed by atoms with Crippen LogP contribution in [0, 0.1) is 12.7 Å². The third-order valence-corrected chi connectivity index (χ3v) is 4.12. The van der Waals surface area contributed by atoms with E-state index in [9.17, 15) is 9.18 Å². The lowest BCUT2D eigenvalue weighted by molar-refractivity contribution is 0.402. The Hall–Kier alpha value is -3.35. The van der Waals surface area contributed by atoms with Gasteiger partial charge in [0.2, 0.25) is 11.7 Å². The van der Waals surface area contributed by atoms with Crippen molar-refractivity contribution in [3.63, 3.8) is 0 Å². The summed E-state index contributed by atoms with van der Waals surface area (Å²) in [6.45, 7) is 2.24. The number of benzene rings is 2. The van der Waals surface area contributed by atoms with Gasteiger partial charge >= 0.3 is 5.56 Å². The zero-order valence-corrected chi connectivity index (χ0v) is 15.3. The van der Waals surface area contributed by atoms with Crippen molar-refractivity contribution >= 4 is 11.6 Å². The number of aryl methyl sites for hydroxylation is 1. The maximum atomic E-state index is 13.5. The molecule has 1 heterocycles. The van der Waals surface area contributed by atoms with Crippen molar-refractivity contribution < 1.29 is 13.9 Å². The van der Waals surface area contributed by atoms with E-state index in [4.69, 9.17) is 9.47 Å². The van der Waals surface area contributed by atoms with Crippen molar-refractivity contribution in [1.82, 2.24) is 9.55 Å². The van der Waals surface area contributed by atoms with Gasteiger partial charge in [-0.2, -0.15) is 4.98 Å². The first-order valence-corrected chi connectivity index (χ1v) is 8.31. The molecule has 0 unspecified atom stereocenters. The number of nitrogens with zero attached hydrogens (tertiary/aromatic N) is 2. The van der Waals surface area contributed by atoms with Gasteiger partial charge in [0.1, 0.15) is 11.6 Å². The zero-order valence-electron chi connectivity index (χ0n) is 15.3. The Bertz CT molecular complexity index is 1020. The molecule has 6 nitrogen and oxygen atoms in total. The lowest BCUT2D eigenvalue weighted by Gasteiger charge is -2.17. The minimum absolute atomic E-state index is 0.110. The van der Waals surface area contributed by atoms with Crippen LogP contribution in [0.5, 0.6) is 11.5 Å². The summed E-state index contributed by atoms with van der Waals surface area (Å²) in [4.78, 5) is 16.2. The van der Waals surface area contributed by atoms with E-state index in [0.717, 1.165) is 16.8 Å². The Kier molecular flexibility index (Phi) is 5.40. The summed E-state index contributed by atoms with van der Waals surface area (Å²) >= 11 is 0. The van der Waals surface area contributed by atoms with Gasteiger partial charge in [-0.25, -0.2) is 4.39 Å². The predicted octanol–water partition coefficient (Wildman–Crippen LogP) is 3.50. The molecule has 0 radical (unpaired) electrons. The molecule has 140 valence electrons. The number of ether oxygens (including phenoxy) is 2. The number of hydrogen-bond acceptors (Lipinski definition) is 5. The molecule has 0 spiro atoms. The Morgan fingerprint density at radius 1 is 1.15 bits per heavy atom. The van der Waals surface area contributed by atoms with Gasteiger partial charge in [0, 0.05) is 11.8 Å². The quantitative estimate of drug-likeness (QED) is 0.720. The van der Waals surface area contributed by atoms with E-state index in [2.05, 4.69) is 10.3 Å². The molecule has 0 aliphatic rings. The number of halogens is 1. The zero-order chi connectivity index (χ0) is 19.4. The molecule has 0 saturated heterocycles. The van der Waals surface area contributed by atoms with Gasteiger partial charge in [0.25, 0.3) is 0 Å². The van der Waals surface area contributed by atoms with E-state index in [-0.39, 0.29) is 11.6 Å². The first-order valence-electron chi connectivity index (χ1n) is 8.31. The number of rotatable bonds is 6. The second-order valence-corrected chi connectivity index (χ2v) is 6.00. The van der Waals surface area contributed by atoms with Crippen LogP contribution in [0.25, 0.3) is 0 Å². The van der Waals surface area contributed by atoms with Crippen LogP contribution in [0.2, 0.25) is 0 Å². The van der Waals surface area contributed by atoms with Crippen LogP contribution in [-0.2, 0) is 6.54 Å². The van der Waals surface area contributed by atoms with Crippen LogP contribution >= 0.6 is 0 Å². The molecule has 1 aromatic heterocycles. The fourth-order valence-corrected chi connectivity index (χ4v) is 2.65. The highest BCUT2D eigenvalue weighted by atomic mass is 19.1. The van der Waals surface area contributed by atoms with Crippen molar-refractivity contribution in [3.8, 4) is 11.5 Å². The van der Waals surface area contributed by atoms with Crippen molar-refractivity contribution in [2.45, 2.75) is 13.5 Å². The lowest BCUT2D eigenvalue weighted by atomic mass is 10.2. The van der Waals surface area contributed by atoms with Crippen LogP contribution in [0.1, 0.15) is 11.1 Å².